The minimum atomic E-state index is -0.620. The molecule has 3 rings (SSSR count). The van der Waals surface area contributed by atoms with E-state index in [0.717, 1.165) is 22.4 Å². The molecule has 3 aromatic rings. The van der Waals surface area contributed by atoms with Gasteiger partial charge in [0.15, 0.2) is 5.69 Å². The minimum Gasteiger partial charge on any atom is -0.364 e. The van der Waals surface area contributed by atoms with E-state index in [1.54, 1.807) is 10.9 Å². The molecule has 0 atom stereocenters. The summed E-state index contributed by atoms with van der Waals surface area (Å²) in [6.07, 6.45) is 3.53. The van der Waals surface area contributed by atoms with Crippen molar-refractivity contribution in [3.05, 3.63) is 47.4 Å². The molecule has 1 amide bonds. The number of carbonyl (C=O) groups is 1. The Morgan fingerprint density at radius 3 is 2.76 bits per heavy atom. The number of nitrogens with zero attached hydrogens (tertiary/aromatic N) is 4. The Morgan fingerprint density at radius 1 is 1.29 bits per heavy atom. The largest absolute Gasteiger partial charge is 0.364 e. The highest BCUT2D eigenvalue weighted by atomic mass is 16.1. The number of aromatic amines is 1. The molecule has 0 aliphatic heterocycles. The average Bonchev–Trinajstić information content (AvgIpc) is 3.09. The lowest BCUT2D eigenvalue weighted by molar-refractivity contribution is 0.0996. The molecule has 0 radical (unpaired) electrons. The second-order valence-electron chi connectivity index (χ2n) is 4.81. The Bertz CT molecular complexity index is 803. The van der Waals surface area contributed by atoms with Crippen molar-refractivity contribution in [2.24, 2.45) is 5.73 Å². The summed E-state index contributed by atoms with van der Waals surface area (Å²) in [6.45, 7) is 3.95. The van der Waals surface area contributed by atoms with E-state index in [4.69, 9.17) is 5.73 Å². The quantitative estimate of drug-likeness (QED) is 0.757. The Labute approximate surface area is 120 Å². The van der Waals surface area contributed by atoms with Crippen LogP contribution in [0.25, 0.3) is 16.9 Å². The number of nitrogens with one attached hydrogen (secondary N) is 1. The van der Waals surface area contributed by atoms with Gasteiger partial charge in [-0.3, -0.25) is 4.79 Å². The fraction of sp³-hybridized carbons (Fsp3) is 0.143. The highest BCUT2D eigenvalue weighted by molar-refractivity contribution is 5.98. The van der Waals surface area contributed by atoms with Crippen LogP contribution in [0.4, 0.5) is 0 Å². The van der Waals surface area contributed by atoms with Gasteiger partial charge >= 0.3 is 0 Å². The summed E-state index contributed by atoms with van der Waals surface area (Å²) in [6, 6.07) is 5.83. The Balaban J connectivity index is 2.32. The van der Waals surface area contributed by atoms with Crippen molar-refractivity contribution >= 4 is 5.91 Å². The van der Waals surface area contributed by atoms with Gasteiger partial charge in [-0.2, -0.15) is 20.5 Å². The Kier molecular flexibility index (Phi) is 3.02. The number of aromatic nitrogens is 5. The second kappa shape index (κ2) is 4.86. The van der Waals surface area contributed by atoms with Crippen LogP contribution < -0.4 is 5.73 Å². The van der Waals surface area contributed by atoms with Crippen molar-refractivity contribution in [2.45, 2.75) is 13.8 Å². The average molecular weight is 282 g/mol. The molecule has 7 nitrogen and oxygen atoms in total. The summed E-state index contributed by atoms with van der Waals surface area (Å²) in [5.41, 5.74) is 9.59. The van der Waals surface area contributed by atoms with Gasteiger partial charge in [-0.25, -0.2) is 4.68 Å². The minimum absolute atomic E-state index is 0.121. The molecule has 0 unspecified atom stereocenters. The van der Waals surface area contributed by atoms with Gasteiger partial charge in [0, 0.05) is 18.0 Å². The van der Waals surface area contributed by atoms with E-state index in [9.17, 15) is 4.79 Å². The predicted octanol–water partition coefficient (Wildman–Crippen LogP) is 1.37. The SMILES string of the molecule is Cc1cc(C)c(-c2n[nH]nc2C(N)=O)c(-n2cccn2)c1. The molecule has 0 fully saturated rings. The molecule has 0 aliphatic carbocycles. The van der Waals surface area contributed by atoms with Crippen LogP contribution in [0.1, 0.15) is 21.6 Å². The van der Waals surface area contributed by atoms with Crippen LogP contribution in [-0.2, 0) is 0 Å². The summed E-state index contributed by atoms with van der Waals surface area (Å²) >= 11 is 0. The molecule has 2 aromatic heterocycles. The van der Waals surface area contributed by atoms with E-state index < -0.39 is 5.91 Å². The standard InChI is InChI=1S/C14H14N6O/c1-8-6-9(2)11(10(7-8)20-5-3-4-16-20)12-13(14(15)21)18-19-17-12/h3-7H,1-2H3,(H2,15,21)(H,17,18,19). The Morgan fingerprint density at radius 2 is 2.10 bits per heavy atom. The van der Waals surface area contributed by atoms with Crippen LogP contribution >= 0.6 is 0 Å². The maximum atomic E-state index is 11.5. The number of benzene rings is 1. The van der Waals surface area contributed by atoms with Crippen molar-refractivity contribution in [1.82, 2.24) is 25.2 Å². The van der Waals surface area contributed by atoms with Crippen molar-refractivity contribution < 1.29 is 4.79 Å². The number of primary amides is 1. The van der Waals surface area contributed by atoms with E-state index in [2.05, 4.69) is 20.5 Å². The number of H-pyrrole nitrogens is 1. The zero-order valence-electron chi connectivity index (χ0n) is 11.7. The van der Waals surface area contributed by atoms with Gasteiger partial charge in [0.2, 0.25) is 0 Å². The van der Waals surface area contributed by atoms with Crippen LogP contribution in [0.15, 0.2) is 30.6 Å². The number of amides is 1. The summed E-state index contributed by atoms with van der Waals surface area (Å²) in [7, 11) is 0. The van der Waals surface area contributed by atoms with Crippen LogP contribution in [-0.4, -0.2) is 31.1 Å². The molecular weight excluding hydrogens is 268 g/mol. The van der Waals surface area contributed by atoms with Gasteiger partial charge in [-0.15, -0.1) is 0 Å². The van der Waals surface area contributed by atoms with Gasteiger partial charge < -0.3 is 5.73 Å². The van der Waals surface area contributed by atoms with Gasteiger partial charge in [0.25, 0.3) is 5.91 Å². The third-order valence-corrected chi connectivity index (χ3v) is 3.23. The number of nitrogens with two attached hydrogens (primary N) is 1. The molecule has 0 aliphatic rings. The van der Waals surface area contributed by atoms with E-state index in [-0.39, 0.29) is 5.69 Å². The zero-order valence-corrected chi connectivity index (χ0v) is 11.7. The molecule has 106 valence electrons. The second-order valence-corrected chi connectivity index (χ2v) is 4.81. The molecule has 0 bridgehead atoms. The molecule has 3 N–H and O–H groups in total. The Hall–Kier alpha value is -2.96. The van der Waals surface area contributed by atoms with E-state index in [1.807, 2.05) is 38.2 Å². The summed E-state index contributed by atoms with van der Waals surface area (Å²) < 4.78 is 1.73. The molecular formula is C14H14N6O. The van der Waals surface area contributed by atoms with Crippen LogP contribution in [0.3, 0.4) is 0 Å². The lowest BCUT2D eigenvalue weighted by Gasteiger charge is -2.13. The first-order chi connectivity index (χ1) is 10.1. The van der Waals surface area contributed by atoms with Crippen LogP contribution in [0, 0.1) is 13.8 Å². The molecule has 21 heavy (non-hydrogen) atoms. The van der Waals surface area contributed by atoms with Crippen LogP contribution in [0.2, 0.25) is 0 Å². The highest BCUT2D eigenvalue weighted by Gasteiger charge is 2.21. The molecule has 2 heterocycles. The lowest BCUT2D eigenvalue weighted by Crippen LogP contribution is -2.13. The lowest BCUT2D eigenvalue weighted by atomic mass is 9.99. The molecule has 1 aromatic carbocycles. The number of hydrogen-bond donors (Lipinski definition) is 2. The normalized spacial score (nSPS) is 10.8. The highest BCUT2D eigenvalue weighted by Crippen LogP contribution is 2.31. The molecule has 0 saturated heterocycles. The third-order valence-electron chi connectivity index (χ3n) is 3.23. The smallest absolute Gasteiger partial charge is 0.271 e. The number of aryl methyl sites for hydroxylation is 2. The number of hydrogen-bond acceptors (Lipinski definition) is 4. The van der Waals surface area contributed by atoms with Crippen molar-refractivity contribution in [2.75, 3.05) is 0 Å². The van der Waals surface area contributed by atoms with Crippen molar-refractivity contribution in [3.8, 4) is 16.9 Å². The maximum absolute atomic E-state index is 11.5. The van der Waals surface area contributed by atoms with Crippen LogP contribution in [0.5, 0.6) is 0 Å². The maximum Gasteiger partial charge on any atom is 0.271 e. The molecule has 0 spiro atoms. The summed E-state index contributed by atoms with van der Waals surface area (Å²) in [5.74, 6) is -0.620. The van der Waals surface area contributed by atoms with Gasteiger partial charge in [-0.1, -0.05) is 6.07 Å². The number of carbonyl (C=O) groups excluding carboxylic acids is 1. The first-order valence-corrected chi connectivity index (χ1v) is 6.40. The van der Waals surface area contributed by atoms with Gasteiger partial charge in [-0.05, 0) is 37.1 Å². The van der Waals surface area contributed by atoms with E-state index in [1.165, 1.54) is 0 Å². The summed E-state index contributed by atoms with van der Waals surface area (Å²) in [4.78, 5) is 11.5. The van der Waals surface area contributed by atoms with Crippen molar-refractivity contribution in [1.29, 1.82) is 0 Å². The first kappa shape index (κ1) is 13.0. The monoisotopic (exact) mass is 282 g/mol. The fourth-order valence-electron chi connectivity index (χ4n) is 2.42. The molecule has 7 heteroatoms. The third kappa shape index (κ3) is 2.18. The summed E-state index contributed by atoms with van der Waals surface area (Å²) in [5, 5.41) is 14.6. The number of rotatable bonds is 3. The first-order valence-electron chi connectivity index (χ1n) is 6.40. The zero-order chi connectivity index (χ0) is 15.0. The fourth-order valence-corrected chi connectivity index (χ4v) is 2.42. The van der Waals surface area contributed by atoms with E-state index >= 15 is 0 Å². The van der Waals surface area contributed by atoms with Gasteiger partial charge in [0.1, 0.15) is 5.69 Å². The topological polar surface area (TPSA) is 102 Å². The van der Waals surface area contributed by atoms with E-state index in [0.29, 0.717) is 5.69 Å². The van der Waals surface area contributed by atoms with Crippen molar-refractivity contribution in [3.63, 3.8) is 0 Å². The molecule has 0 saturated carbocycles. The van der Waals surface area contributed by atoms with Gasteiger partial charge in [0.05, 0.1) is 5.69 Å². The predicted molar refractivity (Wildman–Crippen MR) is 76.9 cm³/mol.